The highest BCUT2D eigenvalue weighted by Crippen LogP contribution is 2.28. The number of hydrogen-bond donors (Lipinski definition) is 0. The van der Waals surface area contributed by atoms with Gasteiger partial charge in [0.25, 0.3) is 0 Å². The van der Waals surface area contributed by atoms with Gasteiger partial charge in [-0.3, -0.25) is 4.90 Å². The van der Waals surface area contributed by atoms with Crippen LogP contribution >= 0.6 is 0 Å². The Kier molecular flexibility index (Phi) is 2.99. The molecule has 0 N–H and O–H groups in total. The monoisotopic (exact) mass is 181 g/mol. The van der Waals surface area contributed by atoms with Gasteiger partial charge in [-0.05, 0) is 32.2 Å². The van der Waals surface area contributed by atoms with Gasteiger partial charge >= 0.3 is 0 Å². The van der Waals surface area contributed by atoms with Gasteiger partial charge < -0.3 is 4.79 Å². The molecule has 0 radical (unpaired) electrons. The van der Waals surface area contributed by atoms with E-state index in [0.717, 1.165) is 25.3 Å². The molecule has 2 aliphatic rings. The van der Waals surface area contributed by atoms with Crippen molar-refractivity contribution in [3.63, 3.8) is 0 Å². The van der Waals surface area contributed by atoms with Crippen LogP contribution in [0.1, 0.15) is 44.9 Å². The van der Waals surface area contributed by atoms with Gasteiger partial charge in [0, 0.05) is 6.04 Å². The Morgan fingerprint density at radius 1 is 1.00 bits per heavy atom. The van der Waals surface area contributed by atoms with E-state index in [1.165, 1.54) is 38.5 Å². The summed E-state index contributed by atoms with van der Waals surface area (Å²) in [5.74, 6) is 0. The fraction of sp³-hybridized carbons (Fsp3) is 0.909. The lowest BCUT2D eigenvalue weighted by Gasteiger charge is -2.36. The minimum absolute atomic E-state index is 0.247. The zero-order chi connectivity index (χ0) is 9.10. The number of aldehydes is 1. The molecule has 1 aliphatic heterocycles. The molecule has 1 atom stereocenters. The molecule has 2 heteroatoms. The first-order chi connectivity index (χ1) is 6.42. The van der Waals surface area contributed by atoms with Crippen LogP contribution in [0.15, 0.2) is 0 Å². The molecule has 1 saturated heterocycles. The molecule has 1 saturated carbocycles. The minimum Gasteiger partial charge on any atom is -0.302 e. The first kappa shape index (κ1) is 9.20. The number of carbonyl (C=O) groups is 1. The molecule has 2 rings (SSSR count). The van der Waals surface area contributed by atoms with E-state index in [-0.39, 0.29) is 6.04 Å². The van der Waals surface area contributed by atoms with E-state index < -0.39 is 0 Å². The molecule has 1 unspecified atom stereocenters. The number of likely N-dealkylation sites (tertiary alicyclic amines) is 1. The van der Waals surface area contributed by atoms with Crippen molar-refractivity contribution in [2.24, 2.45) is 0 Å². The molecular formula is C11H19NO. The lowest BCUT2D eigenvalue weighted by atomic mass is 10.0. The maximum absolute atomic E-state index is 10.9. The van der Waals surface area contributed by atoms with Crippen LogP contribution in [0.4, 0.5) is 0 Å². The molecule has 1 aliphatic carbocycles. The number of hydrogen-bond acceptors (Lipinski definition) is 2. The largest absolute Gasteiger partial charge is 0.302 e. The predicted octanol–water partition coefficient (Wildman–Crippen LogP) is 1.98. The topological polar surface area (TPSA) is 20.3 Å². The van der Waals surface area contributed by atoms with E-state index in [1.807, 2.05) is 0 Å². The van der Waals surface area contributed by atoms with Gasteiger partial charge in [0.2, 0.25) is 0 Å². The highest BCUT2D eigenvalue weighted by Gasteiger charge is 2.29. The first-order valence-electron chi connectivity index (χ1n) is 5.63. The van der Waals surface area contributed by atoms with E-state index in [4.69, 9.17) is 0 Å². The lowest BCUT2D eigenvalue weighted by molar-refractivity contribution is -0.114. The summed E-state index contributed by atoms with van der Waals surface area (Å²) in [5.41, 5.74) is 0. The second kappa shape index (κ2) is 4.23. The molecule has 0 aromatic rings. The minimum atomic E-state index is 0.247. The zero-order valence-corrected chi connectivity index (χ0v) is 8.24. The molecule has 13 heavy (non-hydrogen) atoms. The number of carbonyl (C=O) groups excluding carboxylic acids is 1. The molecule has 2 nitrogen and oxygen atoms in total. The second-order valence-electron chi connectivity index (χ2n) is 4.38. The average Bonchev–Trinajstić information content (AvgIpc) is 2.70. The smallest absolute Gasteiger partial charge is 0.137 e. The predicted molar refractivity (Wildman–Crippen MR) is 52.7 cm³/mol. The third-order valence-electron chi connectivity index (χ3n) is 3.54. The van der Waals surface area contributed by atoms with Crippen LogP contribution in [-0.4, -0.2) is 29.8 Å². The Morgan fingerprint density at radius 2 is 1.69 bits per heavy atom. The third kappa shape index (κ3) is 1.93. The summed E-state index contributed by atoms with van der Waals surface area (Å²) in [6.07, 6.45) is 10.2. The van der Waals surface area contributed by atoms with E-state index in [0.29, 0.717) is 0 Å². The number of nitrogens with zero attached hydrogens (tertiary/aromatic N) is 1. The van der Waals surface area contributed by atoms with Crippen molar-refractivity contribution in [1.29, 1.82) is 0 Å². The van der Waals surface area contributed by atoms with Crippen molar-refractivity contribution >= 4 is 6.29 Å². The Hall–Kier alpha value is -0.370. The summed E-state index contributed by atoms with van der Waals surface area (Å²) in [6, 6.07) is 0.979. The van der Waals surface area contributed by atoms with E-state index in [2.05, 4.69) is 4.90 Å². The maximum atomic E-state index is 10.9. The summed E-state index contributed by atoms with van der Waals surface area (Å²) in [7, 11) is 0. The molecule has 0 bridgehead atoms. The SMILES string of the molecule is O=CC1CCCCN1C1CCCC1. The Balaban J connectivity index is 1.96. The van der Waals surface area contributed by atoms with E-state index in [9.17, 15) is 4.79 Å². The van der Waals surface area contributed by atoms with Crippen LogP contribution in [0.2, 0.25) is 0 Å². The van der Waals surface area contributed by atoms with Gasteiger partial charge in [0.1, 0.15) is 6.29 Å². The van der Waals surface area contributed by atoms with Crippen molar-refractivity contribution in [2.75, 3.05) is 6.54 Å². The van der Waals surface area contributed by atoms with Crippen LogP contribution in [0.25, 0.3) is 0 Å². The van der Waals surface area contributed by atoms with Crippen molar-refractivity contribution < 1.29 is 4.79 Å². The standard InChI is InChI=1S/C11H19NO/c13-9-11-7-3-4-8-12(11)10-5-1-2-6-10/h9-11H,1-8H2. The molecule has 0 aromatic carbocycles. The van der Waals surface area contributed by atoms with E-state index >= 15 is 0 Å². The molecule has 2 fully saturated rings. The summed E-state index contributed by atoms with van der Waals surface area (Å²) in [6.45, 7) is 1.16. The normalized spacial score (nSPS) is 32.2. The second-order valence-corrected chi connectivity index (χ2v) is 4.38. The lowest BCUT2D eigenvalue weighted by Crippen LogP contribution is -2.45. The van der Waals surface area contributed by atoms with Gasteiger partial charge in [0.15, 0.2) is 0 Å². The van der Waals surface area contributed by atoms with Gasteiger partial charge in [-0.15, -0.1) is 0 Å². The number of rotatable bonds is 2. The summed E-state index contributed by atoms with van der Waals surface area (Å²) < 4.78 is 0. The average molecular weight is 181 g/mol. The van der Waals surface area contributed by atoms with Crippen molar-refractivity contribution in [1.82, 2.24) is 4.90 Å². The van der Waals surface area contributed by atoms with Crippen molar-refractivity contribution in [3.05, 3.63) is 0 Å². The van der Waals surface area contributed by atoms with Crippen molar-refractivity contribution in [2.45, 2.75) is 57.0 Å². The zero-order valence-electron chi connectivity index (χ0n) is 8.24. The third-order valence-corrected chi connectivity index (χ3v) is 3.54. The van der Waals surface area contributed by atoms with Crippen LogP contribution in [0.5, 0.6) is 0 Å². The Bertz CT molecular complexity index is 175. The van der Waals surface area contributed by atoms with Crippen LogP contribution in [0, 0.1) is 0 Å². The number of piperidine rings is 1. The fourth-order valence-corrected chi connectivity index (χ4v) is 2.81. The Labute approximate surface area is 80.3 Å². The quantitative estimate of drug-likeness (QED) is 0.607. The van der Waals surface area contributed by atoms with Gasteiger partial charge in [0.05, 0.1) is 6.04 Å². The molecule has 0 spiro atoms. The van der Waals surface area contributed by atoms with Gasteiger partial charge in [-0.1, -0.05) is 19.3 Å². The fourth-order valence-electron chi connectivity index (χ4n) is 2.81. The first-order valence-corrected chi connectivity index (χ1v) is 5.63. The molecule has 1 heterocycles. The van der Waals surface area contributed by atoms with Gasteiger partial charge in [-0.2, -0.15) is 0 Å². The molecule has 0 amide bonds. The van der Waals surface area contributed by atoms with Crippen LogP contribution in [0.3, 0.4) is 0 Å². The van der Waals surface area contributed by atoms with Gasteiger partial charge in [-0.25, -0.2) is 0 Å². The van der Waals surface area contributed by atoms with E-state index in [1.54, 1.807) is 0 Å². The summed E-state index contributed by atoms with van der Waals surface area (Å²) in [5, 5.41) is 0. The highest BCUT2D eigenvalue weighted by molar-refractivity contribution is 5.57. The van der Waals surface area contributed by atoms with Crippen LogP contribution in [-0.2, 0) is 4.79 Å². The maximum Gasteiger partial charge on any atom is 0.137 e. The van der Waals surface area contributed by atoms with Crippen LogP contribution < -0.4 is 0 Å². The highest BCUT2D eigenvalue weighted by atomic mass is 16.1. The molecule has 74 valence electrons. The Morgan fingerprint density at radius 3 is 2.38 bits per heavy atom. The molecular weight excluding hydrogens is 162 g/mol. The summed E-state index contributed by atoms with van der Waals surface area (Å²) in [4.78, 5) is 13.3. The van der Waals surface area contributed by atoms with Crippen molar-refractivity contribution in [3.8, 4) is 0 Å². The molecule has 0 aromatic heterocycles. The summed E-state index contributed by atoms with van der Waals surface area (Å²) >= 11 is 0.